The molecule has 168 valence electrons. The standard InChI is InChI=1S/C23H23BrN2O5S/c1-4-30-17-8-6-16(7-9-17)25-21(27)13-26-22(28)20(32-23(26)29)12-15-5-10-19(18(24)11-15)31-14(2)3/h5-12,14H,4,13H2,1-3H3,(H,25,27)/b20-12+. The van der Waals surface area contributed by atoms with Crippen molar-refractivity contribution in [3.63, 3.8) is 0 Å². The van der Waals surface area contributed by atoms with Gasteiger partial charge in [-0.25, -0.2) is 0 Å². The van der Waals surface area contributed by atoms with E-state index in [-0.39, 0.29) is 17.6 Å². The molecule has 9 heteroatoms. The van der Waals surface area contributed by atoms with Gasteiger partial charge in [0.25, 0.3) is 11.1 Å². The molecular formula is C23H23BrN2O5S. The number of rotatable bonds is 8. The number of amides is 3. The summed E-state index contributed by atoms with van der Waals surface area (Å²) in [6.45, 7) is 5.94. The molecule has 0 bridgehead atoms. The molecule has 1 aliphatic rings. The van der Waals surface area contributed by atoms with E-state index in [1.807, 2.05) is 26.8 Å². The van der Waals surface area contributed by atoms with E-state index in [0.29, 0.717) is 23.8 Å². The first-order valence-electron chi connectivity index (χ1n) is 10.0. The molecule has 0 aliphatic carbocycles. The molecule has 1 saturated heterocycles. The fourth-order valence-electron chi connectivity index (χ4n) is 2.89. The van der Waals surface area contributed by atoms with Crippen molar-refractivity contribution in [1.29, 1.82) is 0 Å². The van der Waals surface area contributed by atoms with Gasteiger partial charge in [0, 0.05) is 5.69 Å². The van der Waals surface area contributed by atoms with E-state index in [1.165, 1.54) is 0 Å². The van der Waals surface area contributed by atoms with E-state index in [9.17, 15) is 14.4 Å². The summed E-state index contributed by atoms with van der Waals surface area (Å²) in [6, 6.07) is 12.3. The molecule has 0 spiro atoms. The average molecular weight is 519 g/mol. The van der Waals surface area contributed by atoms with Crippen LogP contribution in [0.2, 0.25) is 0 Å². The second-order valence-corrected chi connectivity index (χ2v) is 8.98. The number of carbonyl (C=O) groups excluding carboxylic acids is 3. The Morgan fingerprint density at radius 2 is 1.91 bits per heavy atom. The molecule has 1 fully saturated rings. The third-order valence-electron chi connectivity index (χ3n) is 4.24. The summed E-state index contributed by atoms with van der Waals surface area (Å²) in [5.41, 5.74) is 1.28. The van der Waals surface area contributed by atoms with Gasteiger partial charge in [0.05, 0.1) is 22.1 Å². The molecule has 3 amide bonds. The van der Waals surface area contributed by atoms with E-state index in [2.05, 4.69) is 21.2 Å². The van der Waals surface area contributed by atoms with E-state index >= 15 is 0 Å². The predicted molar refractivity (Wildman–Crippen MR) is 129 cm³/mol. The van der Waals surface area contributed by atoms with Crippen molar-refractivity contribution in [3.8, 4) is 11.5 Å². The van der Waals surface area contributed by atoms with Gasteiger partial charge in [-0.05, 0) is 96.5 Å². The summed E-state index contributed by atoms with van der Waals surface area (Å²) in [4.78, 5) is 38.6. The van der Waals surface area contributed by atoms with E-state index in [4.69, 9.17) is 9.47 Å². The summed E-state index contributed by atoms with van der Waals surface area (Å²) in [5.74, 6) is 0.421. The fraction of sp³-hybridized carbons (Fsp3) is 0.261. The Bertz CT molecular complexity index is 1050. The molecule has 0 saturated carbocycles. The van der Waals surface area contributed by atoms with Crippen LogP contribution in [0.1, 0.15) is 26.3 Å². The van der Waals surface area contributed by atoms with Crippen molar-refractivity contribution < 1.29 is 23.9 Å². The maximum Gasteiger partial charge on any atom is 0.294 e. The lowest BCUT2D eigenvalue weighted by Crippen LogP contribution is -2.36. The lowest BCUT2D eigenvalue weighted by molar-refractivity contribution is -0.127. The van der Waals surface area contributed by atoms with Gasteiger partial charge in [0.15, 0.2) is 0 Å². The van der Waals surface area contributed by atoms with Crippen molar-refractivity contribution >= 4 is 56.5 Å². The number of nitrogens with one attached hydrogen (secondary N) is 1. The number of nitrogens with zero attached hydrogens (tertiary/aromatic N) is 1. The number of halogens is 1. The van der Waals surface area contributed by atoms with Crippen molar-refractivity contribution in [3.05, 3.63) is 57.4 Å². The number of thioether (sulfide) groups is 1. The molecule has 32 heavy (non-hydrogen) atoms. The van der Waals surface area contributed by atoms with Crippen LogP contribution in [0.25, 0.3) is 6.08 Å². The molecule has 1 aliphatic heterocycles. The molecule has 1 N–H and O–H groups in total. The molecule has 0 radical (unpaired) electrons. The number of hydrogen-bond donors (Lipinski definition) is 1. The maximum absolute atomic E-state index is 12.7. The van der Waals surface area contributed by atoms with E-state index < -0.39 is 17.1 Å². The van der Waals surface area contributed by atoms with Crippen molar-refractivity contribution in [2.45, 2.75) is 26.9 Å². The van der Waals surface area contributed by atoms with Crippen LogP contribution in [-0.4, -0.2) is 41.2 Å². The quantitative estimate of drug-likeness (QED) is 0.476. The van der Waals surface area contributed by atoms with Gasteiger partial charge in [0.2, 0.25) is 5.91 Å². The minimum Gasteiger partial charge on any atom is -0.494 e. The average Bonchev–Trinajstić information content (AvgIpc) is 2.99. The van der Waals surface area contributed by atoms with Crippen LogP contribution in [0, 0.1) is 0 Å². The van der Waals surface area contributed by atoms with E-state index in [1.54, 1.807) is 42.5 Å². The second-order valence-electron chi connectivity index (χ2n) is 7.13. The normalized spacial score (nSPS) is 14.9. The first-order valence-corrected chi connectivity index (χ1v) is 11.6. The van der Waals surface area contributed by atoms with Crippen LogP contribution in [0.3, 0.4) is 0 Å². The number of hydrogen-bond acceptors (Lipinski definition) is 6. The highest BCUT2D eigenvalue weighted by Crippen LogP contribution is 2.34. The molecule has 0 atom stereocenters. The largest absolute Gasteiger partial charge is 0.494 e. The first kappa shape index (κ1) is 23.9. The smallest absolute Gasteiger partial charge is 0.294 e. The highest BCUT2D eigenvalue weighted by Gasteiger charge is 2.36. The molecular weight excluding hydrogens is 496 g/mol. The molecule has 2 aromatic carbocycles. The van der Waals surface area contributed by atoms with Crippen molar-refractivity contribution in [1.82, 2.24) is 4.90 Å². The highest BCUT2D eigenvalue weighted by atomic mass is 79.9. The molecule has 0 unspecified atom stereocenters. The SMILES string of the molecule is CCOc1ccc(NC(=O)CN2C(=O)S/C(=C/c3ccc(OC(C)C)c(Br)c3)C2=O)cc1. The Morgan fingerprint density at radius 1 is 1.19 bits per heavy atom. The summed E-state index contributed by atoms with van der Waals surface area (Å²) in [6.07, 6.45) is 1.65. The first-order chi connectivity index (χ1) is 15.3. The summed E-state index contributed by atoms with van der Waals surface area (Å²) >= 11 is 4.27. The molecule has 3 rings (SSSR count). The zero-order valence-electron chi connectivity index (χ0n) is 17.9. The number of ether oxygens (including phenoxy) is 2. The minimum absolute atomic E-state index is 0.0300. The van der Waals surface area contributed by atoms with Gasteiger partial charge in [-0.15, -0.1) is 0 Å². The second kappa shape index (κ2) is 10.7. The van der Waals surface area contributed by atoms with Crippen LogP contribution < -0.4 is 14.8 Å². The Hall–Kier alpha value is -2.78. The molecule has 2 aromatic rings. The zero-order valence-corrected chi connectivity index (χ0v) is 20.3. The Kier molecular flexibility index (Phi) is 7.98. The molecule has 1 heterocycles. The Morgan fingerprint density at radius 3 is 2.53 bits per heavy atom. The van der Waals surface area contributed by atoms with Crippen LogP contribution >= 0.6 is 27.7 Å². The monoisotopic (exact) mass is 518 g/mol. The highest BCUT2D eigenvalue weighted by molar-refractivity contribution is 9.10. The topological polar surface area (TPSA) is 84.9 Å². The fourth-order valence-corrected chi connectivity index (χ4v) is 4.22. The van der Waals surface area contributed by atoms with Gasteiger partial charge in [-0.2, -0.15) is 0 Å². The summed E-state index contributed by atoms with van der Waals surface area (Å²) < 4.78 is 11.8. The van der Waals surface area contributed by atoms with Gasteiger partial charge < -0.3 is 14.8 Å². The van der Waals surface area contributed by atoms with Crippen molar-refractivity contribution in [2.75, 3.05) is 18.5 Å². The number of benzene rings is 2. The van der Waals surface area contributed by atoms with E-state index in [0.717, 1.165) is 26.7 Å². The third kappa shape index (κ3) is 6.14. The van der Waals surface area contributed by atoms with Crippen LogP contribution in [0.4, 0.5) is 10.5 Å². The van der Waals surface area contributed by atoms with Gasteiger partial charge in [-0.3, -0.25) is 19.3 Å². The Labute approximate surface area is 199 Å². The zero-order chi connectivity index (χ0) is 23.3. The lowest BCUT2D eigenvalue weighted by Gasteiger charge is -2.13. The molecule has 0 aromatic heterocycles. The van der Waals surface area contributed by atoms with Crippen LogP contribution in [0.5, 0.6) is 11.5 Å². The van der Waals surface area contributed by atoms with Gasteiger partial charge in [0.1, 0.15) is 18.0 Å². The summed E-state index contributed by atoms with van der Waals surface area (Å²) in [5, 5.41) is 2.20. The van der Waals surface area contributed by atoms with Crippen LogP contribution in [0.15, 0.2) is 51.8 Å². The van der Waals surface area contributed by atoms with Crippen molar-refractivity contribution in [2.24, 2.45) is 0 Å². The minimum atomic E-state index is -0.500. The lowest BCUT2D eigenvalue weighted by atomic mass is 10.2. The van der Waals surface area contributed by atoms with Gasteiger partial charge in [-0.1, -0.05) is 6.07 Å². The summed E-state index contributed by atoms with van der Waals surface area (Å²) in [7, 11) is 0. The van der Waals surface area contributed by atoms with Gasteiger partial charge >= 0.3 is 0 Å². The number of carbonyl (C=O) groups is 3. The Balaban J connectivity index is 1.65. The maximum atomic E-state index is 12.7. The third-order valence-corrected chi connectivity index (χ3v) is 5.77. The number of imide groups is 1. The van der Waals surface area contributed by atoms with Crippen LogP contribution in [-0.2, 0) is 9.59 Å². The predicted octanol–water partition coefficient (Wildman–Crippen LogP) is 5.31. The molecule has 7 nitrogen and oxygen atoms in total. The number of anilines is 1.